The molecule has 2 aliphatic rings. The van der Waals surface area contributed by atoms with Crippen LogP contribution in [-0.2, 0) is 11.3 Å². The van der Waals surface area contributed by atoms with Crippen molar-refractivity contribution in [3.8, 4) is 5.75 Å². The molecule has 0 bridgehead atoms. The highest BCUT2D eigenvalue weighted by atomic mass is 16.5. The minimum Gasteiger partial charge on any atom is -0.495 e. The van der Waals surface area contributed by atoms with Crippen molar-refractivity contribution in [2.75, 3.05) is 69.3 Å². The number of para-hydroxylation sites is 2. The number of aromatic amines is 1. The van der Waals surface area contributed by atoms with Gasteiger partial charge in [-0.2, -0.15) is 0 Å². The quantitative estimate of drug-likeness (QED) is 0.526. The van der Waals surface area contributed by atoms with Crippen molar-refractivity contribution >= 4 is 17.5 Å². The van der Waals surface area contributed by atoms with Crippen LogP contribution in [0.25, 0.3) is 0 Å². The lowest BCUT2D eigenvalue weighted by molar-refractivity contribution is -0.136. The molecule has 2 aromatic rings. The first-order chi connectivity index (χ1) is 18.0. The Morgan fingerprint density at radius 2 is 1.73 bits per heavy atom. The summed E-state index contributed by atoms with van der Waals surface area (Å²) in [5.74, 6) is 1.90. The number of nitrogens with one attached hydrogen (secondary N) is 1. The van der Waals surface area contributed by atoms with Crippen LogP contribution in [0.4, 0.5) is 11.6 Å². The molecule has 9 nitrogen and oxygen atoms in total. The number of carbonyl (C=O) groups is 1. The third-order valence-electron chi connectivity index (χ3n) is 7.61. The zero-order valence-electron chi connectivity index (χ0n) is 22.6. The summed E-state index contributed by atoms with van der Waals surface area (Å²) in [6.45, 7) is 11.2. The fourth-order valence-electron chi connectivity index (χ4n) is 5.34. The number of benzene rings is 1. The van der Waals surface area contributed by atoms with E-state index in [1.54, 1.807) is 13.2 Å². The van der Waals surface area contributed by atoms with Crippen LogP contribution in [0.15, 0.2) is 35.1 Å². The van der Waals surface area contributed by atoms with Crippen molar-refractivity contribution in [1.29, 1.82) is 0 Å². The molecule has 2 aliphatic heterocycles. The number of hydrogen-bond acceptors (Lipinski definition) is 7. The van der Waals surface area contributed by atoms with E-state index in [1.807, 2.05) is 23.1 Å². The predicted octanol–water partition coefficient (Wildman–Crippen LogP) is 2.97. The number of carbonyl (C=O) groups excluding carboxylic acids is 1. The van der Waals surface area contributed by atoms with E-state index in [2.05, 4.69) is 39.6 Å². The largest absolute Gasteiger partial charge is 0.495 e. The molecule has 0 radical (unpaired) electrons. The van der Waals surface area contributed by atoms with E-state index in [1.165, 1.54) is 0 Å². The maximum absolute atomic E-state index is 13.0. The molecule has 37 heavy (non-hydrogen) atoms. The number of aromatic nitrogens is 2. The summed E-state index contributed by atoms with van der Waals surface area (Å²) < 4.78 is 5.53. The van der Waals surface area contributed by atoms with Crippen molar-refractivity contribution in [3.05, 3.63) is 46.4 Å². The third kappa shape index (κ3) is 6.83. The molecule has 1 aromatic carbocycles. The second kappa shape index (κ2) is 12.9. The monoisotopic (exact) mass is 510 g/mol. The average molecular weight is 511 g/mol. The topological polar surface area (TPSA) is 85.0 Å². The zero-order valence-corrected chi connectivity index (χ0v) is 22.6. The van der Waals surface area contributed by atoms with Gasteiger partial charge in [0.05, 0.1) is 18.5 Å². The second-order valence-corrected chi connectivity index (χ2v) is 10.1. The highest BCUT2D eigenvalue weighted by molar-refractivity contribution is 5.79. The summed E-state index contributed by atoms with van der Waals surface area (Å²) in [6.07, 6.45) is 4.07. The Morgan fingerprint density at radius 3 is 2.41 bits per heavy atom. The van der Waals surface area contributed by atoms with Crippen molar-refractivity contribution in [2.45, 2.75) is 46.1 Å². The number of methoxy groups -OCH3 is 1. The first kappa shape index (κ1) is 27.0. The molecule has 0 unspecified atom stereocenters. The molecule has 2 saturated heterocycles. The molecular weight excluding hydrogens is 468 g/mol. The van der Waals surface area contributed by atoms with Crippen LogP contribution in [0, 0.1) is 5.92 Å². The Balaban J connectivity index is 1.32. The van der Waals surface area contributed by atoms with Gasteiger partial charge in [0.2, 0.25) is 11.9 Å². The molecule has 1 N–H and O–H groups in total. The minimum absolute atomic E-state index is 0.121. The van der Waals surface area contributed by atoms with Gasteiger partial charge >= 0.3 is 0 Å². The molecule has 1 amide bonds. The van der Waals surface area contributed by atoms with E-state index >= 15 is 0 Å². The van der Waals surface area contributed by atoms with E-state index in [4.69, 9.17) is 9.72 Å². The zero-order chi connectivity index (χ0) is 26.2. The van der Waals surface area contributed by atoms with Crippen LogP contribution >= 0.6 is 0 Å². The van der Waals surface area contributed by atoms with E-state index in [0.29, 0.717) is 38.7 Å². The summed E-state index contributed by atoms with van der Waals surface area (Å²) >= 11 is 0. The number of rotatable bonds is 10. The van der Waals surface area contributed by atoms with Gasteiger partial charge in [-0.15, -0.1) is 0 Å². The maximum Gasteiger partial charge on any atom is 0.252 e. The van der Waals surface area contributed by atoms with Crippen LogP contribution in [0.3, 0.4) is 0 Å². The summed E-state index contributed by atoms with van der Waals surface area (Å²) in [5, 5.41) is 0. The van der Waals surface area contributed by atoms with Crippen molar-refractivity contribution in [3.63, 3.8) is 0 Å². The number of H-pyrrole nitrogens is 1. The van der Waals surface area contributed by atoms with Gasteiger partial charge in [-0.25, -0.2) is 4.98 Å². The van der Waals surface area contributed by atoms with Gasteiger partial charge in [0.15, 0.2) is 0 Å². The first-order valence-electron chi connectivity index (χ1n) is 13.8. The minimum atomic E-state index is -0.128. The van der Waals surface area contributed by atoms with Gasteiger partial charge in [-0.05, 0) is 25.0 Å². The molecule has 0 aliphatic carbocycles. The highest BCUT2D eigenvalue weighted by Crippen LogP contribution is 2.28. The third-order valence-corrected chi connectivity index (χ3v) is 7.61. The normalized spacial score (nSPS) is 17.6. The fourth-order valence-corrected chi connectivity index (χ4v) is 5.34. The van der Waals surface area contributed by atoms with Crippen LogP contribution < -0.4 is 20.1 Å². The van der Waals surface area contributed by atoms with Gasteiger partial charge in [0, 0.05) is 70.9 Å². The maximum atomic E-state index is 13.0. The predicted molar refractivity (Wildman–Crippen MR) is 147 cm³/mol. The number of amides is 1. The first-order valence-corrected chi connectivity index (χ1v) is 13.8. The second-order valence-electron chi connectivity index (χ2n) is 10.1. The van der Waals surface area contributed by atoms with Gasteiger partial charge in [-0.1, -0.05) is 38.8 Å². The highest BCUT2D eigenvalue weighted by Gasteiger charge is 2.27. The molecule has 1 aromatic heterocycles. The molecule has 0 spiro atoms. The van der Waals surface area contributed by atoms with E-state index < -0.39 is 0 Å². The fraction of sp³-hybridized carbons (Fsp3) is 0.607. The van der Waals surface area contributed by atoms with Crippen LogP contribution in [-0.4, -0.2) is 85.1 Å². The SMILES string of the molecule is CCCC[C@@H](CC)C(=O)N1CCN(c2nc(CN3CCN(c4ccccc4OC)CC3)cc(=O)[nH]2)CC1. The molecule has 2 fully saturated rings. The smallest absolute Gasteiger partial charge is 0.252 e. The number of hydrogen-bond donors (Lipinski definition) is 1. The molecular formula is C28H42N6O3. The van der Waals surface area contributed by atoms with E-state index in [-0.39, 0.29) is 17.4 Å². The Bertz CT molecular complexity index is 1070. The van der Waals surface area contributed by atoms with Crippen molar-refractivity contribution in [1.82, 2.24) is 19.8 Å². The van der Waals surface area contributed by atoms with Gasteiger partial charge in [0.1, 0.15) is 5.75 Å². The lowest BCUT2D eigenvalue weighted by Crippen LogP contribution is -2.51. The number of unbranched alkanes of at least 4 members (excludes halogenated alkanes) is 1. The Kier molecular flexibility index (Phi) is 9.44. The summed E-state index contributed by atoms with van der Waals surface area (Å²) in [7, 11) is 1.71. The van der Waals surface area contributed by atoms with Crippen LogP contribution in [0.1, 0.15) is 45.2 Å². The summed E-state index contributed by atoms with van der Waals surface area (Å²) in [4.78, 5) is 42.0. The number of ether oxygens (including phenoxy) is 1. The molecule has 3 heterocycles. The van der Waals surface area contributed by atoms with Gasteiger partial charge in [-0.3, -0.25) is 19.5 Å². The van der Waals surface area contributed by atoms with Crippen LogP contribution in [0.5, 0.6) is 5.75 Å². The van der Waals surface area contributed by atoms with E-state index in [9.17, 15) is 9.59 Å². The number of anilines is 2. The van der Waals surface area contributed by atoms with Gasteiger partial charge in [0.25, 0.3) is 5.56 Å². The average Bonchev–Trinajstić information content (AvgIpc) is 2.93. The molecule has 202 valence electrons. The molecule has 4 rings (SSSR count). The van der Waals surface area contributed by atoms with Crippen molar-refractivity contribution in [2.24, 2.45) is 5.92 Å². The lowest BCUT2D eigenvalue weighted by Gasteiger charge is -2.37. The lowest BCUT2D eigenvalue weighted by atomic mass is 9.97. The van der Waals surface area contributed by atoms with Crippen molar-refractivity contribution < 1.29 is 9.53 Å². The summed E-state index contributed by atoms with van der Waals surface area (Å²) in [6, 6.07) is 9.72. The Labute approximate surface area is 220 Å². The number of piperazine rings is 2. The van der Waals surface area contributed by atoms with E-state index in [0.717, 1.165) is 69.0 Å². The van der Waals surface area contributed by atoms with Crippen LogP contribution in [0.2, 0.25) is 0 Å². The molecule has 1 atom stereocenters. The molecule has 0 saturated carbocycles. The van der Waals surface area contributed by atoms with Gasteiger partial charge < -0.3 is 19.4 Å². The standard InChI is InChI=1S/C28H42N6O3/c1-4-6-9-22(5-2)27(36)33-16-18-34(19-17-33)28-29-23(20-26(35)30-28)21-31-12-14-32(15-13-31)24-10-7-8-11-25(24)37-3/h7-8,10-11,20,22H,4-6,9,12-19,21H2,1-3H3,(H,29,30,35)/t22-/m1/s1. The Hall–Kier alpha value is -3.07. The molecule has 9 heteroatoms. The number of nitrogens with zero attached hydrogens (tertiary/aromatic N) is 5. The Morgan fingerprint density at radius 1 is 1.03 bits per heavy atom. The summed E-state index contributed by atoms with van der Waals surface area (Å²) in [5.41, 5.74) is 1.78.